The van der Waals surface area contributed by atoms with Gasteiger partial charge < -0.3 is 24.1 Å². The fraction of sp³-hybridized carbons (Fsp3) is 0.286. The SMILES string of the molecule is COc1c(C(=O)O)ccc2oc(=O)c(OC(C)C)c(O)c12. The van der Waals surface area contributed by atoms with Crippen LogP contribution in [0.15, 0.2) is 21.3 Å². The van der Waals surface area contributed by atoms with Crippen LogP contribution < -0.4 is 15.1 Å². The molecule has 1 aromatic heterocycles. The van der Waals surface area contributed by atoms with Crippen LogP contribution in [0.1, 0.15) is 24.2 Å². The highest BCUT2D eigenvalue weighted by molar-refractivity contribution is 6.01. The third-order valence-corrected chi connectivity index (χ3v) is 2.75. The molecule has 0 saturated carbocycles. The Bertz CT molecular complexity index is 758. The Kier molecular flexibility index (Phi) is 3.75. The molecule has 7 heteroatoms. The Morgan fingerprint density at radius 3 is 2.48 bits per heavy atom. The van der Waals surface area contributed by atoms with Crippen molar-refractivity contribution in [2.75, 3.05) is 7.11 Å². The zero-order chi connectivity index (χ0) is 15.7. The molecule has 0 aliphatic heterocycles. The molecule has 0 atom stereocenters. The quantitative estimate of drug-likeness (QED) is 0.830. The summed E-state index contributed by atoms with van der Waals surface area (Å²) in [5.41, 5.74) is -1.00. The number of rotatable bonds is 4. The number of carboxylic acid groups (broad SMARTS) is 1. The molecule has 0 spiro atoms. The predicted octanol–water partition coefficient (Wildman–Crippen LogP) is 1.99. The first-order chi connectivity index (χ1) is 9.86. The first-order valence-corrected chi connectivity index (χ1v) is 6.13. The highest BCUT2D eigenvalue weighted by atomic mass is 16.5. The van der Waals surface area contributed by atoms with E-state index in [2.05, 4.69) is 0 Å². The number of hydrogen-bond acceptors (Lipinski definition) is 6. The molecule has 0 aliphatic carbocycles. The molecule has 2 rings (SSSR count). The van der Waals surface area contributed by atoms with Crippen LogP contribution in [0.2, 0.25) is 0 Å². The number of ether oxygens (including phenoxy) is 2. The number of carbonyl (C=O) groups is 1. The van der Waals surface area contributed by atoms with E-state index in [4.69, 9.17) is 19.0 Å². The van der Waals surface area contributed by atoms with Crippen molar-refractivity contribution in [3.8, 4) is 17.2 Å². The van der Waals surface area contributed by atoms with E-state index in [0.717, 1.165) is 0 Å². The van der Waals surface area contributed by atoms with Crippen molar-refractivity contribution in [3.05, 3.63) is 28.1 Å². The summed E-state index contributed by atoms with van der Waals surface area (Å²) in [7, 11) is 1.26. The zero-order valence-corrected chi connectivity index (χ0v) is 11.7. The molecule has 112 valence electrons. The van der Waals surface area contributed by atoms with E-state index < -0.39 is 17.3 Å². The van der Waals surface area contributed by atoms with Gasteiger partial charge in [-0.2, -0.15) is 0 Å². The van der Waals surface area contributed by atoms with Crippen LogP contribution in [-0.4, -0.2) is 29.4 Å². The minimum absolute atomic E-state index is 0.00968. The topological polar surface area (TPSA) is 106 Å². The number of hydrogen-bond donors (Lipinski definition) is 2. The summed E-state index contributed by atoms with van der Waals surface area (Å²) < 4.78 is 15.3. The maximum absolute atomic E-state index is 11.8. The molecule has 0 fully saturated rings. The average molecular weight is 294 g/mol. The monoisotopic (exact) mass is 294 g/mol. The molecule has 21 heavy (non-hydrogen) atoms. The molecule has 0 radical (unpaired) electrons. The van der Waals surface area contributed by atoms with Gasteiger partial charge in [-0.25, -0.2) is 9.59 Å². The molecule has 0 saturated heterocycles. The lowest BCUT2D eigenvalue weighted by atomic mass is 10.1. The van der Waals surface area contributed by atoms with Crippen LogP contribution in [0.5, 0.6) is 17.2 Å². The summed E-state index contributed by atoms with van der Waals surface area (Å²) in [5.74, 6) is -2.21. The molecule has 0 aliphatic rings. The van der Waals surface area contributed by atoms with E-state index in [9.17, 15) is 14.7 Å². The lowest BCUT2D eigenvalue weighted by Gasteiger charge is -2.13. The van der Waals surface area contributed by atoms with Gasteiger partial charge in [0.15, 0.2) is 5.75 Å². The van der Waals surface area contributed by atoms with Crippen LogP contribution in [0, 0.1) is 0 Å². The van der Waals surface area contributed by atoms with Gasteiger partial charge in [0.05, 0.1) is 13.2 Å². The first-order valence-electron chi connectivity index (χ1n) is 6.13. The zero-order valence-electron chi connectivity index (χ0n) is 11.7. The van der Waals surface area contributed by atoms with Crippen molar-refractivity contribution < 1.29 is 28.9 Å². The number of fused-ring (bicyclic) bond motifs is 1. The summed E-state index contributed by atoms with van der Waals surface area (Å²) in [6, 6.07) is 2.51. The highest BCUT2D eigenvalue weighted by Gasteiger charge is 2.23. The molecule has 0 bridgehead atoms. The van der Waals surface area contributed by atoms with Gasteiger partial charge in [0.1, 0.15) is 22.3 Å². The third-order valence-electron chi connectivity index (χ3n) is 2.75. The number of aromatic carboxylic acids is 1. The third kappa shape index (κ3) is 2.49. The van der Waals surface area contributed by atoms with E-state index in [-0.39, 0.29) is 34.1 Å². The Balaban J connectivity index is 2.88. The standard InChI is InChI=1S/C14H14O7/c1-6(2)20-12-10(15)9-8(21-14(12)18)5-4-7(13(16)17)11(9)19-3/h4-6,15H,1-3H3,(H,16,17). The second-order valence-corrected chi connectivity index (χ2v) is 4.56. The van der Waals surface area contributed by atoms with E-state index >= 15 is 0 Å². The van der Waals surface area contributed by atoms with Crippen molar-refractivity contribution in [2.24, 2.45) is 0 Å². The Hall–Kier alpha value is -2.70. The van der Waals surface area contributed by atoms with Crippen LogP contribution >= 0.6 is 0 Å². The van der Waals surface area contributed by atoms with Gasteiger partial charge in [-0.15, -0.1) is 0 Å². The molecule has 7 nitrogen and oxygen atoms in total. The maximum atomic E-state index is 11.8. The summed E-state index contributed by atoms with van der Waals surface area (Å²) in [4.78, 5) is 23.0. The van der Waals surface area contributed by atoms with Gasteiger partial charge >= 0.3 is 11.6 Å². The molecule has 2 N–H and O–H groups in total. The molecule has 1 heterocycles. The molecule has 0 unspecified atom stereocenters. The Morgan fingerprint density at radius 1 is 1.29 bits per heavy atom. The smallest absolute Gasteiger partial charge is 0.383 e. The molecular formula is C14H14O7. The summed E-state index contributed by atoms with van der Waals surface area (Å²) in [6.45, 7) is 3.35. The summed E-state index contributed by atoms with van der Waals surface area (Å²) in [5, 5.41) is 19.3. The van der Waals surface area contributed by atoms with Gasteiger partial charge in [-0.3, -0.25) is 0 Å². The fourth-order valence-corrected chi connectivity index (χ4v) is 1.95. The van der Waals surface area contributed by atoms with E-state index in [1.54, 1.807) is 13.8 Å². The minimum atomic E-state index is -1.23. The summed E-state index contributed by atoms with van der Waals surface area (Å²) in [6.07, 6.45) is -0.370. The van der Waals surface area contributed by atoms with Crippen LogP contribution in [0.25, 0.3) is 11.0 Å². The second-order valence-electron chi connectivity index (χ2n) is 4.56. The number of methoxy groups -OCH3 is 1. The Labute approximate surface area is 119 Å². The fourth-order valence-electron chi connectivity index (χ4n) is 1.95. The predicted molar refractivity (Wildman–Crippen MR) is 73.4 cm³/mol. The van der Waals surface area contributed by atoms with Gasteiger partial charge in [0.25, 0.3) is 0 Å². The minimum Gasteiger partial charge on any atom is -0.503 e. The first kappa shape index (κ1) is 14.7. The highest BCUT2D eigenvalue weighted by Crippen LogP contribution is 2.40. The molecule has 0 amide bonds. The van der Waals surface area contributed by atoms with Crippen molar-refractivity contribution in [3.63, 3.8) is 0 Å². The van der Waals surface area contributed by atoms with Gasteiger partial charge in [0.2, 0.25) is 5.75 Å². The van der Waals surface area contributed by atoms with Crippen LogP contribution in [0.4, 0.5) is 0 Å². The van der Waals surface area contributed by atoms with E-state index in [0.29, 0.717) is 0 Å². The molecule has 2 aromatic rings. The van der Waals surface area contributed by atoms with Gasteiger partial charge in [-0.05, 0) is 26.0 Å². The van der Waals surface area contributed by atoms with Gasteiger partial charge in [-0.1, -0.05) is 0 Å². The number of aromatic hydroxyl groups is 1. The van der Waals surface area contributed by atoms with Gasteiger partial charge in [0, 0.05) is 0 Å². The number of benzene rings is 1. The lowest BCUT2D eigenvalue weighted by Crippen LogP contribution is -2.14. The van der Waals surface area contributed by atoms with Crippen molar-refractivity contribution >= 4 is 16.9 Å². The molecule has 1 aromatic carbocycles. The van der Waals surface area contributed by atoms with E-state index in [1.807, 2.05) is 0 Å². The van der Waals surface area contributed by atoms with E-state index in [1.165, 1.54) is 19.2 Å². The van der Waals surface area contributed by atoms with Crippen molar-refractivity contribution in [1.82, 2.24) is 0 Å². The Morgan fingerprint density at radius 2 is 1.95 bits per heavy atom. The summed E-state index contributed by atoms with van der Waals surface area (Å²) >= 11 is 0. The van der Waals surface area contributed by atoms with Crippen molar-refractivity contribution in [1.29, 1.82) is 0 Å². The van der Waals surface area contributed by atoms with Crippen LogP contribution in [-0.2, 0) is 0 Å². The molecular weight excluding hydrogens is 280 g/mol. The van der Waals surface area contributed by atoms with Crippen molar-refractivity contribution in [2.45, 2.75) is 20.0 Å². The maximum Gasteiger partial charge on any atom is 0.383 e. The lowest BCUT2D eigenvalue weighted by molar-refractivity contribution is 0.0693. The van der Waals surface area contributed by atoms with Crippen LogP contribution in [0.3, 0.4) is 0 Å². The largest absolute Gasteiger partial charge is 0.503 e. The average Bonchev–Trinajstić information content (AvgIpc) is 2.41. The second kappa shape index (κ2) is 5.35. The number of carboxylic acids is 1. The normalized spacial score (nSPS) is 10.9.